The van der Waals surface area contributed by atoms with Crippen LogP contribution in [-0.4, -0.2) is 56.3 Å². The first-order valence-electron chi connectivity index (χ1n) is 13.2. The molecule has 4 heterocycles. The first kappa shape index (κ1) is 25.7. The van der Waals surface area contributed by atoms with Gasteiger partial charge >= 0.3 is 0 Å². The van der Waals surface area contributed by atoms with Crippen LogP contribution in [0.25, 0.3) is 0 Å². The molecule has 0 atom stereocenters. The summed E-state index contributed by atoms with van der Waals surface area (Å²) in [5.74, 6) is 1.15. The minimum atomic E-state index is 0.00635. The lowest BCUT2D eigenvalue weighted by Gasteiger charge is -2.38. The summed E-state index contributed by atoms with van der Waals surface area (Å²) in [6, 6.07) is 8.62. The zero-order chi connectivity index (χ0) is 26.6. The lowest BCUT2D eigenvalue weighted by Crippen LogP contribution is -2.46. The summed E-state index contributed by atoms with van der Waals surface area (Å²) in [5.41, 5.74) is 16.6. The summed E-state index contributed by atoms with van der Waals surface area (Å²) in [6.07, 6.45) is 7.42. The standard InChI is InChI=1S/C28H35N9O/c1-18-11-19(2)13-23(12-18)32-28-31-16-22-17-37(8-4-5-25(22)33-28)24-6-9-36(10-7-24)27(38)21-14-20(3)26(30-15-21)34-35-29/h11-16,24H,4-10,17H2,1-3H3,(H2,29,30,34)(H,31,32,33). The van der Waals surface area contributed by atoms with E-state index in [9.17, 15) is 4.79 Å². The highest BCUT2D eigenvalue weighted by atomic mass is 16.2. The number of carbonyl (C=O) groups excluding carboxylic acids is 1. The maximum atomic E-state index is 13.1. The summed E-state index contributed by atoms with van der Waals surface area (Å²) in [6.45, 7) is 9.36. The van der Waals surface area contributed by atoms with E-state index in [4.69, 9.17) is 10.5 Å². The minimum Gasteiger partial charge on any atom is -0.338 e. The summed E-state index contributed by atoms with van der Waals surface area (Å²) in [5, 5.41) is 6.54. The Kier molecular flexibility index (Phi) is 7.59. The van der Waals surface area contributed by atoms with Crippen LogP contribution in [0.15, 0.2) is 41.9 Å². The Morgan fingerprint density at radius 1 is 1.03 bits per heavy atom. The fourth-order valence-corrected chi connectivity index (χ4v) is 5.56. The molecule has 3 N–H and O–H groups in total. The average molecular weight is 514 g/mol. The lowest BCUT2D eigenvalue weighted by atomic mass is 10.0. The van der Waals surface area contributed by atoms with Crippen LogP contribution in [0.4, 0.5) is 17.5 Å². The number of fused-ring (bicyclic) bond motifs is 1. The fraction of sp³-hybridized carbons (Fsp3) is 0.429. The third kappa shape index (κ3) is 5.80. The molecule has 0 unspecified atom stereocenters. The topological polar surface area (TPSA) is 122 Å². The third-order valence-corrected chi connectivity index (χ3v) is 7.42. The Balaban J connectivity index is 1.20. The predicted molar refractivity (Wildman–Crippen MR) is 147 cm³/mol. The van der Waals surface area contributed by atoms with Crippen LogP contribution in [0.1, 0.15) is 57.6 Å². The molecule has 10 heteroatoms. The molecule has 0 radical (unpaired) electrons. The van der Waals surface area contributed by atoms with Crippen molar-refractivity contribution >= 4 is 23.4 Å². The maximum absolute atomic E-state index is 13.1. The van der Waals surface area contributed by atoms with Crippen molar-refractivity contribution in [1.82, 2.24) is 24.8 Å². The van der Waals surface area contributed by atoms with Crippen molar-refractivity contribution in [3.8, 4) is 0 Å². The zero-order valence-corrected chi connectivity index (χ0v) is 22.3. The van der Waals surface area contributed by atoms with E-state index >= 15 is 0 Å². The Morgan fingerprint density at radius 3 is 2.50 bits per heavy atom. The van der Waals surface area contributed by atoms with Gasteiger partial charge in [-0.25, -0.2) is 20.4 Å². The lowest BCUT2D eigenvalue weighted by molar-refractivity contribution is 0.0609. The van der Waals surface area contributed by atoms with Gasteiger partial charge in [0.1, 0.15) is 5.82 Å². The molecule has 1 fully saturated rings. The van der Waals surface area contributed by atoms with Crippen LogP contribution in [-0.2, 0) is 13.0 Å². The van der Waals surface area contributed by atoms with Gasteiger partial charge in [-0.1, -0.05) is 11.3 Å². The van der Waals surface area contributed by atoms with Crippen LogP contribution in [0, 0.1) is 26.3 Å². The number of aromatic nitrogens is 3. The number of piperidine rings is 1. The van der Waals surface area contributed by atoms with E-state index in [-0.39, 0.29) is 5.91 Å². The predicted octanol–water partition coefficient (Wildman–Crippen LogP) is 4.95. The second kappa shape index (κ2) is 11.2. The summed E-state index contributed by atoms with van der Waals surface area (Å²) in [4.78, 5) is 31.3. The van der Waals surface area contributed by atoms with E-state index in [0.29, 0.717) is 23.4 Å². The van der Waals surface area contributed by atoms with Crippen LogP contribution in [0.3, 0.4) is 0 Å². The summed E-state index contributed by atoms with van der Waals surface area (Å²) < 4.78 is 0. The van der Waals surface area contributed by atoms with Gasteiger partial charge in [-0.15, -0.1) is 0 Å². The first-order valence-corrected chi connectivity index (χ1v) is 13.2. The van der Waals surface area contributed by atoms with E-state index in [2.05, 4.69) is 62.9 Å². The maximum Gasteiger partial charge on any atom is 0.255 e. The minimum absolute atomic E-state index is 0.00635. The molecule has 38 heavy (non-hydrogen) atoms. The average Bonchev–Trinajstić information content (AvgIpc) is 3.11. The second-order valence-corrected chi connectivity index (χ2v) is 10.4. The molecule has 2 aliphatic heterocycles. The van der Waals surface area contributed by atoms with Gasteiger partial charge < -0.3 is 10.2 Å². The fourth-order valence-electron chi connectivity index (χ4n) is 5.56. The van der Waals surface area contributed by atoms with Crippen LogP contribution in [0.2, 0.25) is 0 Å². The second-order valence-electron chi connectivity index (χ2n) is 10.4. The highest BCUT2D eigenvalue weighted by Crippen LogP contribution is 2.26. The summed E-state index contributed by atoms with van der Waals surface area (Å²) >= 11 is 0. The monoisotopic (exact) mass is 513 g/mol. The van der Waals surface area contributed by atoms with Crippen molar-refractivity contribution in [2.45, 2.75) is 59.0 Å². The molecule has 0 saturated carbocycles. The number of rotatable bonds is 6. The van der Waals surface area contributed by atoms with Crippen molar-refractivity contribution in [1.29, 1.82) is 5.53 Å². The van der Waals surface area contributed by atoms with Crippen molar-refractivity contribution in [2.75, 3.05) is 30.4 Å². The molecule has 3 aromatic rings. The zero-order valence-electron chi connectivity index (χ0n) is 22.3. The number of benzene rings is 1. The van der Waals surface area contributed by atoms with Gasteiger partial charge in [0, 0.05) is 49.3 Å². The SMILES string of the molecule is Cc1cc(C)cc(Nc2ncc3c(n2)CCCN(C2CCN(C(=O)c4cnc(NN=N)c(C)c4)CC2)C3)c1. The van der Waals surface area contributed by atoms with Gasteiger partial charge in [-0.2, -0.15) is 5.53 Å². The Bertz CT molecular complexity index is 1310. The molecule has 198 valence electrons. The molecule has 1 aromatic carbocycles. The van der Waals surface area contributed by atoms with E-state index in [0.717, 1.165) is 68.8 Å². The molecule has 0 bridgehead atoms. The van der Waals surface area contributed by atoms with Crippen molar-refractivity contribution in [3.05, 3.63) is 70.2 Å². The summed E-state index contributed by atoms with van der Waals surface area (Å²) in [7, 11) is 0. The molecule has 1 saturated heterocycles. The number of aryl methyl sites for hydroxylation is 4. The van der Waals surface area contributed by atoms with Crippen molar-refractivity contribution < 1.29 is 4.79 Å². The number of nitrogens with one attached hydrogen (secondary N) is 3. The van der Waals surface area contributed by atoms with E-state index in [1.807, 2.05) is 24.1 Å². The molecule has 0 aliphatic carbocycles. The number of carbonyl (C=O) groups is 1. The van der Waals surface area contributed by atoms with E-state index in [1.165, 1.54) is 16.7 Å². The molecule has 2 aliphatic rings. The quantitative estimate of drug-likeness (QED) is 0.315. The molecule has 0 spiro atoms. The van der Waals surface area contributed by atoms with Crippen molar-refractivity contribution in [3.63, 3.8) is 0 Å². The smallest absolute Gasteiger partial charge is 0.255 e. The molecular formula is C28H35N9O. The van der Waals surface area contributed by atoms with Gasteiger partial charge in [0.2, 0.25) is 5.95 Å². The third-order valence-electron chi connectivity index (χ3n) is 7.42. The van der Waals surface area contributed by atoms with Crippen LogP contribution < -0.4 is 10.7 Å². The van der Waals surface area contributed by atoms with Gasteiger partial charge in [-0.05, 0) is 87.9 Å². The molecular weight excluding hydrogens is 478 g/mol. The Labute approximate surface area is 223 Å². The van der Waals surface area contributed by atoms with Gasteiger partial charge in [-0.3, -0.25) is 9.69 Å². The first-order chi connectivity index (χ1) is 18.4. The number of nitrogens with zero attached hydrogens (tertiary/aromatic N) is 6. The molecule has 2 aromatic heterocycles. The largest absolute Gasteiger partial charge is 0.338 e. The number of anilines is 3. The van der Waals surface area contributed by atoms with E-state index in [1.54, 1.807) is 6.20 Å². The molecule has 1 amide bonds. The van der Waals surface area contributed by atoms with Crippen LogP contribution >= 0.6 is 0 Å². The highest BCUT2D eigenvalue weighted by Gasteiger charge is 2.29. The van der Waals surface area contributed by atoms with E-state index < -0.39 is 0 Å². The number of pyridine rings is 1. The van der Waals surface area contributed by atoms with Crippen molar-refractivity contribution in [2.24, 2.45) is 5.22 Å². The Hall–Kier alpha value is -3.92. The number of likely N-dealkylation sites (tertiary alicyclic amines) is 1. The normalized spacial score (nSPS) is 16.4. The van der Waals surface area contributed by atoms with Gasteiger partial charge in [0.05, 0.1) is 11.3 Å². The molecule has 10 nitrogen and oxygen atoms in total. The Morgan fingerprint density at radius 2 is 1.79 bits per heavy atom. The highest BCUT2D eigenvalue weighted by molar-refractivity contribution is 5.94. The van der Waals surface area contributed by atoms with Gasteiger partial charge in [0.25, 0.3) is 5.91 Å². The number of amides is 1. The van der Waals surface area contributed by atoms with Crippen LogP contribution in [0.5, 0.6) is 0 Å². The number of hydrogen-bond donors (Lipinski definition) is 3. The van der Waals surface area contributed by atoms with Gasteiger partial charge in [0.15, 0.2) is 0 Å². The number of hydrogen-bond acceptors (Lipinski definition) is 8. The molecule has 5 rings (SSSR count).